The second-order valence-electron chi connectivity index (χ2n) is 5.27. The van der Waals surface area contributed by atoms with Crippen LogP contribution in [0, 0.1) is 0 Å². The highest BCUT2D eigenvalue weighted by Crippen LogP contribution is 2.05. The lowest BCUT2D eigenvalue weighted by molar-refractivity contribution is -0.138. The first-order valence-electron chi connectivity index (χ1n) is 6.74. The molecule has 0 aromatic heterocycles. The number of alkyl carbamates (subject to hydrolysis) is 1. The number of aliphatic hydroxyl groups is 1. The number of aliphatic hydroxyl groups excluding tert-OH is 1. The van der Waals surface area contributed by atoms with Gasteiger partial charge >= 0.3 is 12.1 Å². The molecule has 1 amide bonds. The largest absolute Gasteiger partial charge is 0.447 e. The topological polar surface area (TPSA) is 128 Å². The summed E-state index contributed by atoms with van der Waals surface area (Å²) < 4.78 is 9.11. The smallest absolute Gasteiger partial charge is 0.409 e. The lowest BCUT2D eigenvalue weighted by Gasteiger charge is -2.18. The number of nitrogens with one attached hydrogen (secondary N) is 1. The third-order valence-electron chi connectivity index (χ3n) is 1.52. The Balaban J connectivity index is -0.000000285. The van der Waals surface area contributed by atoms with Crippen molar-refractivity contribution in [1.29, 1.82) is 0 Å². The molecular weight excluding hydrogens is 340 g/mol. The zero-order valence-electron chi connectivity index (χ0n) is 14.8. The van der Waals surface area contributed by atoms with Crippen LogP contribution in [-0.4, -0.2) is 41.5 Å². The van der Waals surface area contributed by atoms with Crippen molar-refractivity contribution < 1.29 is 29.0 Å². The van der Waals surface area contributed by atoms with Crippen LogP contribution < -0.4 is 11.1 Å². The fraction of sp³-hybridized carbons (Fsp3) is 0.533. The van der Waals surface area contributed by atoms with Crippen molar-refractivity contribution in [2.45, 2.75) is 40.2 Å². The Morgan fingerprint density at radius 1 is 1.17 bits per heavy atom. The lowest BCUT2D eigenvalue weighted by Crippen LogP contribution is -2.32. The van der Waals surface area contributed by atoms with Crippen molar-refractivity contribution in [2.24, 2.45) is 5.73 Å². The van der Waals surface area contributed by atoms with Crippen molar-refractivity contribution >= 4 is 28.9 Å². The Bertz CT molecular complexity index is 432. The van der Waals surface area contributed by atoms with Crippen molar-refractivity contribution in [3.05, 3.63) is 24.3 Å². The van der Waals surface area contributed by atoms with E-state index in [1.54, 1.807) is 34.6 Å². The molecule has 0 rings (SSSR count). The third kappa shape index (κ3) is 25.1. The summed E-state index contributed by atoms with van der Waals surface area (Å²) in [7, 11) is 0. The number of carbonyl (C=O) groups excluding carboxylic acids is 3. The highest BCUT2D eigenvalue weighted by atomic mass is 35.5. The van der Waals surface area contributed by atoms with E-state index in [2.05, 4.69) is 23.2 Å². The van der Waals surface area contributed by atoms with E-state index >= 15 is 0 Å². The summed E-state index contributed by atoms with van der Waals surface area (Å²) >= 11 is 4.87. The monoisotopic (exact) mass is 366 g/mol. The number of rotatable bonds is 4. The fourth-order valence-electron chi connectivity index (χ4n) is 0.578. The van der Waals surface area contributed by atoms with Gasteiger partial charge < -0.3 is 14.6 Å². The van der Waals surface area contributed by atoms with Gasteiger partial charge in [-0.25, -0.2) is 9.59 Å². The molecular formula is C15H27ClN2O6. The molecule has 0 aromatic rings. The first kappa shape index (κ1) is 27.0. The molecule has 9 heteroatoms. The van der Waals surface area contributed by atoms with Gasteiger partial charge in [0.1, 0.15) is 19.1 Å². The number of amides is 1. The van der Waals surface area contributed by atoms with Gasteiger partial charge in [-0.2, -0.15) is 0 Å². The molecule has 0 aliphatic heterocycles. The Morgan fingerprint density at radius 2 is 1.58 bits per heavy atom. The van der Waals surface area contributed by atoms with Gasteiger partial charge in [0.15, 0.2) is 0 Å². The normalized spacial score (nSPS) is 9.17. The van der Waals surface area contributed by atoms with Gasteiger partial charge in [-0.1, -0.05) is 13.2 Å². The van der Waals surface area contributed by atoms with Gasteiger partial charge in [0.25, 0.3) is 0 Å². The van der Waals surface area contributed by atoms with Crippen LogP contribution in [0.25, 0.3) is 0 Å². The summed E-state index contributed by atoms with van der Waals surface area (Å²) in [6, 6.07) is 0. The molecule has 24 heavy (non-hydrogen) atoms. The Hall–Kier alpha value is -1.90. The molecule has 0 heterocycles. The number of allylic oxidation sites excluding steroid dienone is 1. The van der Waals surface area contributed by atoms with Crippen LogP contribution in [-0.2, 0) is 19.1 Å². The van der Waals surface area contributed by atoms with Crippen molar-refractivity contribution in [3.63, 3.8) is 0 Å². The molecule has 0 fully saturated rings. The molecule has 8 nitrogen and oxygen atoms in total. The predicted molar refractivity (Wildman–Crippen MR) is 92.1 cm³/mol. The fourth-order valence-corrected chi connectivity index (χ4v) is 0.578. The van der Waals surface area contributed by atoms with Gasteiger partial charge in [0.2, 0.25) is 5.24 Å². The van der Waals surface area contributed by atoms with E-state index in [0.29, 0.717) is 11.1 Å². The highest BCUT2D eigenvalue weighted by Gasteiger charge is 2.14. The molecule has 0 saturated carbocycles. The van der Waals surface area contributed by atoms with Crippen LogP contribution in [0.4, 0.5) is 4.79 Å². The maximum Gasteiger partial charge on any atom is 0.409 e. The van der Waals surface area contributed by atoms with E-state index in [-0.39, 0.29) is 6.73 Å². The third-order valence-corrected chi connectivity index (χ3v) is 1.84. The quantitative estimate of drug-likeness (QED) is 0.299. The van der Waals surface area contributed by atoms with Gasteiger partial charge in [-0.05, 0) is 46.2 Å². The molecule has 0 aliphatic carbocycles. The summed E-state index contributed by atoms with van der Waals surface area (Å²) in [4.78, 5) is 30.7. The summed E-state index contributed by atoms with van der Waals surface area (Å²) in [6.45, 7) is 14.5. The molecule has 0 aromatic carbocycles. The van der Waals surface area contributed by atoms with E-state index in [1.165, 1.54) is 0 Å². The molecule has 0 unspecified atom stereocenters. The summed E-state index contributed by atoms with van der Waals surface area (Å²) in [5.41, 5.74) is 5.14. The first-order chi connectivity index (χ1) is 10.8. The van der Waals surface area contributed by atoms with Gasteiger partial charge in [-0.15, -0.1) is 0 Å². The Kier molecular flexibility index (Phi) is 16.5. The van der Waals surface area contributed by atoms with Gasteiger partial charge in [0.05, 0.1) is 0 Å². The van der Waals surface area contributed by atoms with Gasteiger partial charge in [-0.3, -0.25) is 15.8 Å². The molecule has 0 bridgehead atoms. The number of hydrogen-bond acceptors (Lipinski definition) is 7. The van der Waals surface area contributed by atoms with Gasteiger partial charge in [0, 0.05) is 11.1 Å². The maximum absolute atomic E-state index is 10.6. The van der Waals surface area contributed by atoms with Crippen molar-refractivity contribution in [3.8, 4) is 0 Å². The second kappa shape index (κ2) is 14.7. The summed E-state index contributed by atoms with van der Waals surface area (Å²) in [5, 5.41) is 9.86. The molecule has 0 spiro atoms. The molecule has 140 valence electrons. The summed E-state index contributed by atoms with van der Waals surface area (Å²) in [5.74, 6) is -0.437. The molecule has 0 saturated heterocycles. The maximum atomic E-state index is 10.6. The minimum atomic E-state index is -0.602. The number of ether oxygens (including phenoxy) is 2. The van der Waals surface area contributed by atoms with Crippen LogP contribution in [0.1, 0.15) is 34.6 Å². The van der Waals surface area contributed by atoms with E-state index < -0.39 is 29.6 Å². The number of esters is 1. The van der Waals surface area contributed by atoms with Crippen LogP contribution in [0.3, 0.4) is 0 Å². The predicted octanol–water partition coefficient (Wildman–Crippen LogP) is 1.81. The molecule has 4 N–H and O–H groups in total. The van der Waals surface area contributed by atoms with Crippen LogP contribution >= 0.6 is 11.6 Å². The second-order valence-corrected chi connectivity index (χ2v) is 5.61. The zero-order chi connectivity index (χ0) is 19.9. The van der Waals surface area contributed by atoms with Crippen molar-refractivity contribution in [2.75, 3.05) is 13.5 Å². The standard InChI is InChI=1S/C6H13NO3.C5H9NO2.C4H5ClO/c1-6(2,3)10-5(9)7-4-8;1-4(2)5(7)8-3-6;1-3(2)4(5)6/h8H,4H2,1-3H3,(H,7,9);1,3,6H2,2H3;1H2,2H3. The van der Waals surface area contributed by atoms with Crippen LogP contribution in [0.15, 0.2) is 24.3 Å². The average Bonchev–Trinajstić information content (AvgIpc) is 2.38. The van der Waals surface area contributed by atoms with E-state index in [9.17, 15) is 14.4 Å². The van der Waals surface area contributed by atoms with E-state index in [4.69, 9.17) is 27.2 Å². The Labute approximate surface area is 147 Å². The minimum Gasteiger partial charge on any atom is -0.447 e. The van der Waals surface area contributed by atoms with Crippen LogP contribution in [0.2, 0.25) is 0 Å². The first-order valence-corrected chi connectivity index (χ1v) is 7.12. The number of carbonyl (C=O) groups is 3. The number of hydrogen-bond donors (Lipinski definition) is 3. The minimum absolute atomic E-state index is 0.0777. The lowest BCUT2D eigenvalue weighted by atomic mass is 10.2. The van der Waals surface area contributed by atoms with Crippen molar-refractivity contribution in [1.82, 2.24) is 5.32 Å². The Morgan fingerprint density at radius 3 is 1.75 bits per heavy atom. The molecule has 0 aliphatic rings. The van der Waals surface area contributed by atoms with Crippen LogP contribution in [0.5, 0.6) is 0 Å². The van der Waals surface area contributed by atoms with E-state index in [0.717, 1.165) is 0 Å². The highest BCUT2D eigenvalue weighted by molar-refractivity contribution is 6.67. The molecule has 0 atom stereocenters. The SMILES string of the molecule is C=C(C)C(=O)Cl.C=C(C)C(=O)OCN.CC(C)(C)OC(=O)NCO. The zero-order valence-corrected chi connectivity index (χ0v) is 15.5. The molecule has 0 radical (unpaired) electrons. The summed E-state index contributed by atoms with van der Waals surface area (Å²) in [6.07, 6.45) is -0.602. The number of halogens is 1. The van der Waals surface area contributed by atoms with E-state index in [1.807, 2.05) is 0 Å². The number of nitrogens with two attached hydrogens (primary N) is 1. The average molecular weight is 367 g/mol.